The van der Waals surface area contributed by atoms with Crippen LogP contribution in [0.5, 0.6) is 0 Å². The maximum Gasteiger partial charge on any atom is 0.416 e. The molecule has 2 N–H and O–H groups in total. The summed E-state index contributed by atoms with van der Waals surface area (Å²) in [5.41, 5.74) is 4.51. The van der Waals surface area contributed by atoms with Crippen molar-refractivity contribution in [3.63, 3.8) is 0 Å². The van der Waals surface area contributed by atoms with Crippen molar-refractivity contribution in [3.8, 4) is 0 Å². The molecule has 1 aromatic carbocycles. The summed E-state index contributed by atoms with van der Waals surface area (Å²) in [6.07, 6.45) is -2.89. The van der Waals surface area contributed by atoms with Crippen LogP contribution in [-0.4, -0.2) is 5.54 Å². The Morgan fingerprint density at radius 3 is 2.00 bits per heavy atom. The lowest BCUT2D eigenvalue weighted by molar-refractivity contribution is -0.137. The molecule has 0 saturated heterocycles. The molecule has 100 valence electrons. The van der Waals surface area contributed by atoms with Crippen LogP contribution >= 0.6 is 0 Å². The van der Waals surface area contributed by atoms with Crippen molar-refractivity contribution in [1.29, 1.82) is 0 Å². The smallest absolute Gasteiger partial charge is 0.322 e. The molecule has 1 unspecified atom stereocenters. The van der Waals surface area contributed by atoms with Crippen LogP contribution in [0.4, 0.5) is 17.6 Å². The molecular formula is C13H15F4N. The molecule has 18 heavy (non-hydrogen) atoms. The molecule has 1 aliphatic carbocycles. The zero-order valence-corrected chi connectivity index (χ0v) is 9.80. The van der Waals surface area contributed by atoms with Crippen LogP contribution in [0, 0.1) is 0 Å². The standard InChI is InChI=1S/C13H15F4N/c14-11(12(18)7-1-2-8-12)9-3-5-10(6-4-9)13(15,16)17/h3-6,11H,1-2,7-8,18H2. The minimum atomic E-state index is -4.39. The summed E-state index contributed by atoms with van der Waals surface area (Å²) in [7, 11) is 0. The minimum Gasteiger partial charge on any atom is -0.322 e. The molecule has 1 aliphatic rings. The molecule has 0 aliphatic heterocycles. The van der Waals surface area contributed by atoms with E-state index in [0.29, 0.717) is 12.8 Å². The van der Waals surface area contributed by atoms with Crippen molar-refractivity contribution in [2.24, 2.45) is 5.73 Å². The van der Waals surface area contributed by atoms with Crippen molar-refractivity contribution in [2.45, 2.75) is 43.6 Å². The Labute approximate surface area is 103 Å². The Morgan fingerprint density at radius 2 is 1.56 bits per heavy atom. The molecule has 0 radical (unpaired) electrons. The summed E-state index contributed by atoms with van der Waals surface area (Å²) < 4.78 is 51.4. The normalized spacial score (nSPS) is 20.9. The van der Waals surface area contributed by atoms with Crippen molar-refractivity contribution < 1.29 is 17.6 Å². The third-order valence-electron chi connectivity index (χ3n) is 3.57. The fraction of sp³-hybridized carbons (Fsp3) is 0.538. The molecule has 1 fully saturated rings. The van der Waals surface area contributed by atoms with Gasteiger partial charge in [0.1, 0.15) is 6.17 Å². The van der Waals surface area contributed by atoms with E-state index in [9.17, 15) is 17.6 Å². The highest BCUT2D eigenvalue weighted by Crippen LogP contribution is 2.40. The van der Waals surface area contributed by atoms with E-state index in [1.165, 1.54) is 12.1 Å². The highest BCUT2D eigenvalue weighted by molar-refractivity contribution is 5.28. The Balaban J connectivity index is 2.19. The van der Waals surface area contributed by atoms with Crippen molar-refractivity contribution in [1.82, 2.24) is 0 Å². The second-order valence-electron chi connectivity index (χ2n) is 4.92. The molecule has 0 spiro atoms. The van der Waals surface area contributed by atoms with Crippen LogP contribution < -0.4 is 5.73 Å². The van der Waals surface area contributed by atoms with E-state index in [1.54, 1.807) is 0 Å². The van der Waals surface area contributed by atoms with Gasteiger partial charge in [0.25, 0.3) is 0 Å². The maximum absolute atomic E-state index is 14.2. The highest BCUT2D eigenvalue weighted by Gasteiger charge is 2.39. The Morgan fingerprint density at radius 1 is 1.06 bits per heavy atom. The topological polar surface area (TPSA) is 26.0 Å². The summed E-state index contributed by atoms with van der Waals surface area (Å²) in [6, 6.07) is 4.17. The molecule has 0 bridgehead atoms. The van der Waals surface area contributed by atoms with E-state index in [0.717, 1.165) is 25.0 Å². The minimum absolute atomic E-state index is 0.229. The van der Waals surface area contributed by atoms with E-state index in [1.807, 2.05) is 0 Å². The molecule has 1 nitrogen and oxygen atoms in total. The number of alkyl halides is 4. The van der Waals surface area contributed by atoms with Crippen molar-refractivity contribution in [3.05, 3.63) is 35.4 Å². The average Bonchev–Trinajstić information content (AvgIpc) is 2.75. The molecule has 5 heteroatoms. The molecule has 0 aromatic heterocycles. The molecule has 1 aromatic rings. The molecular weight excluding hydrogens is 246 g/mol. The van der Waals surface area contributed by atoms with Gasteiger partial charge in [-0.2, -0.15) is 13.2 Å². The summed E-state index contributed by atoms with van der Waals surface area (Å²) in [5, 5.41) is 0. The number of rotatable bonds is 2. The van der Waals surface area contributed by atoms with Crippen molar-refractivity contribution in [2.75, 3.05) is 0 Å². The largest absolute Gasteiger partial charge is 0.416 e. The number of halogens is 4. The predicted octanol–water partition coefficient (Wildman–Crippen LogP) is 3.99. The first-order valence-electron chi connectivity index (χ1n) is 5.93. The lowest BCUT2D eigenvalue weighted by Crippen LogP contribution is -2.41. The van der Waals surface area contributed by atoms with Gasteiger partial charge in [-0.05, 0) is 30.5 Å². The molecule has 2 rings (SSSR count). The third-order valence-corrected chi connectivity index (χ3v) is 3.57. The SMILES string of the molecule is NC1(C(F)c2ccc(C(F)(F)F)cc2)CCCC1. The first-order valence-corrected chi connectivity index (χ1v) is 5.93. The lowest BCUT2D eigenvalue weighted by Gasteiger charge is -2.28. The summed E-state index contributed by atoms with van der Waals surface area (Å²) in [6.45, 7) is 0. The summed E-state index contributed by atoms with van der Waals surface area (Å²) in [4.78, 5) is 0. The van der Waals surface area contributed by atoms with Crippen molar-refractivity contribution >= 4 is 0 Å². The van der Waals surface area contributed by atoms with E-state index < -0.39 is 23.5 Å². The van der Waals surface area contributed by atoms with E-state index in [-0.39, 0.29) is 5.56 Å². The Kier molecular flexibility index (Phi) is 3.36. The van der Waals surface area contributed by atoms with Crippen LogP contribution in [-0.2, 0) is 6.18 Å². The van der Waals surface area contributed by atoms with Gasteiger partial charge in [0.15, 0.2) is 0 Å². The Hall–Kier alpha value is -1.10. The Bertz CT molecular complexity index is 404. The van der Waals surface area contributed by atoms with Gasteiger partial charge in [0.2, 0.25) is 0 Å². The zero-order chi connectivity index (χ0) is 13.4. The lowest BCUT2D eigenvalue weighted by atomic mass is 9.88. The van der Waals surface area contributed by atoms with Crippen LogP contribution in [0.2, 0.25) is 0 Å². The quantitative estimate of drug-likeness (QED) is 0.800. The van der Waals surface area contributed by atoms with Gasteiger partial charge in [0.05, 0.1) is 11.1 Å². The number of nitrogens with two attached hydrogens (primary N) is 1. The molecule has 0 amide bonds. The number of benzene rings is 1. The van der Waals surface area contributed by atoms with Crippen LogP contribution in [0.1, 0.15) is 43.0 Å². The van der Waals surface area contributed by atoms with Crippen LogP contribution in [0.25, 0.3) is 0 Å². The third kappa shape index (κ3) is 2.51. The fourth-order valence-corrected chi connectivity index (χ4v) is 2.46. The van der Waals surface area contributed by atoms with E-state index in [2.05, 4.69) is 0 Å². The fourth-order valence-electron chi connectivity index (χ4n) is 2.46. The van der Waals surface area contributed by atoms with Gasteiger partial charge in [-0.15, -0.1) is 0 Å². The van der Waals surface area contributed by atoms with Gasteiger partial charge >= 0.3 is 6.18 Å². The summed E-state index contributed by atoms with van der Waals surface area (Å²) >= 11 is 0. The average molecular weight is 261 g/mol. The van der Waals surface area contributed by atoms with Gasteiger partial charge in [-0.1, -0.05) is 25.0 Å². The van der Waals surface area contributed by atoms with Gasteiger partial charge in [-0.3, -0.25) is 0 Å². The second-order valence-corrected chi connectivity index (χ2v) is 4.92. The first-order chi connectivity index (χ1) is 8.33. The number of hydrogen-bond donors (Lipinski definition) is 1. The first kappa shape index (κ1) is 13.3. The molecule has 0 heterocycles. The predicted molar refractivity (Wildman–Crippen MR) is 60.7 cm³/mol. The summed E-state index contributed by atoms with van der Waals surface area (Å²) in [5.74, 6) is 0. The van der Waals surface area contributed by atoms with E-state index >= 15 is 0 Å². The second kappa shape index (κ2) is 4.53. The molecule has 1 saturated carbocycles. The highest BCUT2D eigenvalue weighted by atomic mass is 19.4. The molecule has 1 atom stereocenters. The van der Waals surface area contributed by atoms with Crippen LogP contribution in [0.15, 0.2) is 24.3 Å². The van der Waals surface area contributed by atoms with Crippen LogP contribution in [0.3, 0.4) is 0 Å². The zero-order valence-electron chi connectivity index (χ0n) is 9.80. The maximum atomic E-state index is 14.2. The van der Waals surface area contributed by atoms with Gasteiger partial charge < -0.3 is 5.73 Å². The monoisotopic (exact) mass is 261 g/mol. The van der Waals surface area contributed by atoms with Gasteiger partial charge in [-0.25, -0.2) is 4.39 Å². The van der Waals surface area contributed by atoms with E-state index in [4.69, 9.17) is 5.73 Å². The number of hydrogen-bond acceptors (Lipinski definition) is 1. The van der Waals surface area contributed by atoms with Gasteiger partial charge in [0, 0.05) is 0 Å².